The first-order valence-corrected chi connectivity index (χ1v) is 6.65. The van der Waals surface area contributed by atoms with E-state index in [0.717, 1.165) is 16.9 Å². The van der Waals surface area contributed by atoms with Crippen LogP contribution >= 0.6 is 15.9 Å². The maximum absolute atomic E-state index is 5.51. The van der Waals surface area contributed by atoms with Crippen LogP contribution in [0.4, 0.5) is 0 Å². The summed E-state index contributed by atoms with van der Waals surface area (Å²) in [4.78, 5) is 0. The van der Waals surface area contributed by atoms with Gasteiger partial charge in [0.25, 0.3) is 6.48 Å². The van der Waals surface area contributed by atoms with Crippen LogP contribution in [-0.4, -0.2) is 13.1 Å². The van der Waals surface area contributed by atoms with Gasteiger partial charge in [-0.1, -0.05) is 27.9 Å². The summed E-state index contributed by atoms with van der Waals surface area (Å²) in [6.07, 6.45) is 0. The predicted octanol–water partition coefficient (Wildman–Crippen LogP) is 2.45. The summed E-state index contributed by atoms with van der Waals surface area (Å²) in [6, 6.07) is 5.71. The van der Waals surface area contributed by atoms with E-state index in [1.807, 2.05) is 18.2 Å². The van der Waals surface area contributed by atoms with Crippen molar-refractivity contribution in [2.24, 2.45) is 0 Å². The van der Waals surface area contributed by atoms with E-state index in [9.17, 15) is 0 Å². The fourth-order valence-corrected chi connectivity index (χ4v) is 2.32. The lowest BCUT2D eigenvalue weighted by Crippen LogP contribution is -2.68. The van der Waals surface area contributed by atoms with E-state index in [4.69, 9.17) is 18.9 Å². The lowest BCUT2D eigenvalue weighted by atomic mass is 10.0. The quantitative estimate of drug-likeness (QED) is 0.632. The highest BCUT2D eigenvalue weighted by Gasteiger charge is 2.66. The first-order chi connectivity index (χ1) is 8.77. The van der Waals surface area contributed by atoms with Crippen molar-refractivity contribution in [3.05, 3.63) is 29.3 Å². The Hall–Kier alpha value is -1.06. The second kappa shape index (κ2) is 4.56. The predicted molar refractivity (Wildman–Crippen MR) is 66.7 cm³/mol. The van der Waals surface area contributed by atoms with Crippen molar-refractivity contribution in [3.63, 3.8) is 0 Å². The zero-order valence-corrected chi connectivity index (χ0v) is 11.3. The minimum atomic E-state index is -1.01. The van der Waals surface area contributed by atoms with Crippen molar-refractivity contribution in [1.29, 1.82) is 0 Å². The van der Waals surface area contributed by atoms with Gasteiger partial charge >= 0.3 is 5.97 Å². The second-order valence-corrected chi connectivity index (χ2v) is 4.43. The minimum absolute atomic E-state index is 0.363. The molecule has 0 unspecified atom stereocenters. The topological polar surface area (TPSA) is 36.9 Å². The molecule has 5 heteroatoms. The van der Waals surface area contributed by atoms with Crippen LogP contribution in [0.3, 0.4) is 0 Å². The Balaban J connectivity index is 1.84. The maximum atomic E-state index is 5.51. The third-order valence-corrected chi connectivity index (χ3v) is 3.40. The second-order valence-electron chi connectivity index (χ2n) is 3.87. The van der Waals surface area contributed by atoms with E-state index in [1.165, 1.54) is 0 Å². The van der Waals surface area contributed by atoms with Crippen LogP contribution in [-0.2, 0) is 25.5 Å². The van der Waals surface area contributed by atoms with Crippen molar-refractivity contribution in [3.8, 4) is 17.6 Å². The fraction of sp³-hybridized carbons (Fsp3) is 0.385. The highest BCUT2D eigenvalue weighted by Crippen LogP contribution is 2.54. The van der Waals surface area contributed by atoms with Gasteiger partial charge in [-0.15, -0.1) is 5.92 Å². The zero-order chi connectivity index (χ0) is 12.6. The summed E-state index contributed by atoms with van der Waals surface area (Å²) in [5.41, 5.74) is 1.88. The third-order valence-electron chi connectivity index (χ3n) is 2.80. The molecule has 1 aromatic rings. The van der Waals surface area contributed by atoms with Gasteiger partial charge < -0.3 is 4.74 Å². The van der Waals surface area contributed by atoms with E-state index < -0.39 is 12.4 Å². The molecule has 3 aliphatic rings. The van der Waals surface area contributed by atoms with Gasteiger partial charge in [0.15, 0.2) is 0 Å². The van der Waals surface area contributed by atoms with Gasteiger partial charge in [0, 0.05) is 10.9 Å². The van der Waals surface area contributed by atoms with Gasteiger partial charge in [0.05, 0.1) is 0 Å². The molecular weight excluding hydrogens is 300 g/mol. The molecule has 4 rings (SSSR count). The lowest BCUT2D eigenvalue weighted by Gasteiger charge is -2.57. The average molecular weight is 311 g/mol. The van der Waals surface area contributed by atoms with Crippen LogP contribution in [0.5, 0.6) is 5.75 Å². The lowest BCUT2D eigenvalue weighted by molar-refractivity contribution is -0.751. The minimum Gasteiger partial charge on any atom is -0.481 e. The number of benzene rings is 1. The SMILES string of the molecule is CC#CCOc1ccc(CBr)c(C23OC(O2)O3)c1. The fourth-order valence-electron chi connectivity index (χ4n) is 1.84. The molecule has 0 spiro atoms. The normalized spacial score (nSPS) is 27.6. The van der Waals surface area contributed by atoms with Gasteiger partial charge in [-0.3, -0.25) is 14.2 Å². The number of hydrogen-bond acceptors (Lipinski definition) is 4. The Morgan fingerprint density at radius 1 is 1.39 bits per heavy atom. The maximum Gasteiger partial charge on any atom is 0.324 e. The van der Waals surface area contributed by atoms with Crippen molar-refractivity contribution >= 4 is 15.9 Å². The molecule has 0 aliphatic carbocycles. The molecule has 4 nitrogen and oxygen atoms in total. The smallest absolute Gasteiger partial charge is 0.324 e. The van der Waals surface area contributed by atoms with E-state index in [-0.39, 0.29) is 0 Å². The molecule has 2 bridgehead atoms. The summed E-state index contributed by atoms with van der Waals surface area (Å²) in [5, 5.41) is 0.694. The Kier molecular flexibility index (Phi) is 3.04. The third kappa shape index (κ3) is 1.82. The van der Waals surface area contributed by atoms with Gasteiger partial charge in [-0.05, 0) is 24.6 Å². The van der Waals surface area contributed by atoms with Gasteiger partial charge in [-0.25, -0.2) is 0 Å². The van der Waals surface area contributed by atoms with Crippen molar-refractivity contribution < 1.29 is 18.9 Å². The Labute approximate surface area is 113 Å². The van der Waals surface area contributed by atoms with Crippen molar-refractivity contribution in [2.75, 3.05) is 6.61 Å². The summed E-state index contributed by atoms with van der Waals surface area (Å²) in [6.45, 7) is 1.64. The summed E-state index contributed by atoms with van der Waals surface area (Å²) >= 11 is 3.43. The monoisotopic (exact) mass is 310 g/mol. The number of hydrogen-bond donors (Lipinski definition) is 0. The summed E-state index contributed by atoms with van der Waals surface area (Å²) in [7, 11) is 0. The summed E-state index contributed by atoms with van der Waals surface area (Å²) < 4.78 is 21.6. The molecule has 3 heterocycles. The highest BCUT2D eigenvalue weighted by molar-refractivity contribution is 9.08. The van der Waals surface area contributed by atoms with Gasteiger partial charge in [0.2, 0.25) is 0 Å². The molecule has 3 saturated heterocycles. The van der Waals surface area contributed by atoms with Crippen LogP contribution in [0.15, 0.2) is 18.2 Å². The average Bonchev–Trinajstić information content (AvgIpc) is 2.26. The van der Waals surface area contributed by atoms with Crippen LogP contribution in [0.1, 0.15) is 18.1 Å². The molecule has 1 aromatic carbocycles. The Bertz CT molecular complexity index is 515. The van der Waals surface area contributed by atoms with E-state index in [0.29, 0.717) is 11.9 Å². The molecule has 0 aromatic heterocycles. The molecule has 0 N–H and O–H groups in total. The van der Waals surface area contributed by atoms with Crippen molar-refractivity contribution in [2.45, 2.75) is 24.7 Å². The zero-order valence-electron chi connectivity index (χ0n) is 9.73. The van der Waals surface area contributed by atoms with E-state index in [1.54, 1.807) is 6.92 Å². The first-order valence-electron chi connectivity index (χ1n) is 5.52. The van der Waals surface area contributed by atoms with E-state index >= 15 is 0 Å². The summed E-state index contributed by atoms with van der Waals surface area (Å²) in [5.74, 6) is 5.34. The van der Waals surface area contributed by atoms with Crippen molar-refractivity contribution in [1.82, 2.24) is 0 Å². The molecule has 3 fully saturated rings. The molecule has 94 valence electrons. The molecular formula is C13H11BrO4. The van der Waals surface area contributed by atoms with Gasteiger partial charge in [-0.2, -0.15) is 0 Å². The van der Waals surface area contributed by atoms with Crippen LogP contribution in [0, 0.1) is 11.8 Å². The molecule has 0 amide bonds. The highest BCUT2D eigenvalue weighted by atomic mass is 79.9. The number of rotatable bonds is 4. The molecule has 0 radical (unpaired) electrons. The molecule has 3 aliphatic heterocycles. The number of halogens is 1. The molecule has 0 saturated carbocycles. The van der Waals surface area contributed by atoms with Crippen LogP contribution < -0.4 is 4.74 Å². The Morgan fingerprint density at radius 2 is 2.17 bits per heavy atom. The number of alkyl halides is 1. The number of ether oxygens (including phenoxy) is 4. The standard InChI is InChI=1S/C13H11BrO4/c1-2-3-6-15-10-5-4-9(8-14)11(7-10)13-16-12(17-13)18-13/h4-5,7,12H,6,8H2,1H3. The van der Waals surface area contributed by atoms with Crippen LogP contribution in [0.25, 0.3) is 0 Å². The van der Waals surface area contributed by atoms with Gasteiger partial charge in [0.1, 0.15) is 12.4 Å². The van der Waals surface area contributed by atoms with E-state index in [2.05, 4.69) is 27.8 Å². The first kappa shape index (κ1) is 12.0. The Morgan fingerprint density at radius 3 is 2.72 bits per heavy atom. The van der Waals surface area contributed by atoms with Crippen LogP contribution in [0.2, 0.25) is 0 Å². The molecule has 18 heavy (non-hydrogen) atoms. The molecule has 0 atom stereocenters. The largest absolute Gasteiger partial charge is 0.481 e.